The standard InChI is InChI=1S/C14H13ClO2S/c1-9-6-13(10(2)18-9)14(16)8-17-12-5-3-4-11(15)7-12/h3-7H,8H2,1-2H3. The van der Waals surface area contributed by atoms with Gasteiger partial charge in [0.15, 0.2) is 6.61 Å². The second-order valence-corrected chi connectivity index (χ2v) is 5.89. The molecular weight excluding hydrogens is 268 g/mol. The smallest absolute Gasteiger partial charge is 0.201 e. The number of hydrogen-bond acceptors (Lipinski definition) is 3. The molecular formula is C14H13ClO2S. The Morgan fingerprint density at radius 1 is 1.33 bits per heavy atom. The monoisotopic (exact) mass is 280 g/mol. The number of thiophene rings is 1. The summed E-state index contributed by atoms with van der Waals surface area (Å²) in [4.78, 5) is 14.2. The fourth-order valence-corrected chi connectivity index (χ4v) is 2.81. The van der Waals surface area contributed by atoms with Crippen LogP contribution in [-0.4, -0.2) is 12.4 Å². The molecule has 1 aromatic heterocycles. The van der Waals surface area contributed by atoms with E-state index in [-0.39, 0.29) is 12.4 Å². The molecule has 2 aromatic rings. The summed E-state index contributed by atoms with van der Waals surface area (Å²) in [5, 5.41) is 0.600. The van der Waals surface area contributed by atoms with Crippen LogP contribution in [0.2, 0.25) is 5.02 Å². The van der Waals surface area contributed by atoms with Crippen molar-refractivity contribution in [1.29, 1.82) is 0 Å². The van der Waals surface area contributed by atoms with Gasteiger partial charge in [0.2, 0.25) is 5.78 Å². The number of rotatable bonds is 4. The second kappa shape index (κ2) is 5.55. The highest BCUT2D eigenvalue weighted by Gasteiger charge is 2.12. The van der Waals surface area contributed by atoms with E-state index >= 15 is 0 Å². The molecule has 0 aliphatic rings. The molecule has 1 aromatic carbocycles. The lowest BCUT2D eigenvalue weighted by Crippen LogP contribution is -2.11. The molecule has 0 unspecified atom stereocenters. The molecule has 94 valence electrons. The fraction of sp³-hybridized carbons (Fsp3) is 0.214. The highest BCUT2D eigenvalue weighted by molar-refractivity contribution is 7.12. The molecule has 2 rings (SSSR count). The third-order valence-electron chi connectivity index (χ3n) is 2.51. The van der Waals surface area contributed by atoms with Gasteiger partial charge in [0, 0.05) is 20.3 Å². The first-order chi connectivity index (χ1) is 8.56. The molecule has 0 spiro atoms. The Bertz CT molecular complexity index is 575. The first-order valence-corrected chi connectivity index (χ1v) is 6.74. The summed E-state index contributed by atoms with van der Waals surface area (Å²) in [6.07, 6.45) is 0. The van der Waals surface area contributed by atoms with Gasteiger partial charge < -0.3 is 4.74 Å². The predicted octanol–water partition coefficient (Wildman–Crippen LogP) is 4.28. The van der Waals surface area contributed by atoms with Gasteiger partial charge in [-0.05, 0) is 38.1 Å². The summed E-state index contributed by atoms with van der Waals surface area (Å²) >= 11 is 7.47. The number of Topliss-reactive ketones (excluding diaryl/α,β-unsaturated/α-hetero) is 1. The van der Waals surface area contributed by atoms with Crippen molar-refractivity contribution in [3.05, 3.63) is 50.7 Å². The lowest BCUT2D eigenvalue weighted by Gasteiger charge is -2.05. The maximum absolute atomic E-state index is 12.0. The van der Waals surface area contributed by atoms with Gasteiger partial charge in [-0.15, -0.1) is 11.3 Å². The summed E-state index contributed by atoms with van der Waals surface area (Å²) in [5.74, 6) is 0.609. The van der Waals surface area contributed by atoms with Crippen LogP contribution in [0.1, 0.15) is 20.1 Å². The van der Waals surface area contributed by atoms with Crippen molar-refractivity contribution in [3.8, 4) is 5.75 Å². The van der Waals surface area contributed by atoms with E-state index in [1.807, 2.05) is 19.9 Å². The maximum atomic E-state index is 12.0. The van der Waals surface area contributed by atoms with Crippen LogP contribution in [0.5, 0.6) is 5.75 Å². The Balaban J connectivity index is 2.03. The van der Waals surface area contributed by atoms with Crippen LogP contribution in [0.15, 0.2) is 30.3 Å². The normalized spacial score (nSPS) is 10.4. The van der Waals surface area contributed by atoms with E-state index in [9.17, 15) is 4.79 Å². The molecule has 0 aliphatic carbocycles. The zero-order valence-electron chi connectivity index (χ0n) is 10.2. The number of carbonyl (C=O) groups is 1. The third kappa shape index (κ3) is 3.12. The number of aryl methyl sites for hydroxylation is 2. The number of hydrogen-bond donors (Lipinski definition) is 0. The van der Waals surface area contributed by atoms with Crippen molar-refractivity contribution in [2.45, 2.75) is 13.8 Å². The number of benzene rings is 1. The van der Waals surface area contributed by atoms with Gasteiger partial charge in [-0.3, -0.25) is 4.79 Å². The van der Waals surface area contributed by atoms with E-state index in [0.717, 1.165) is 15.3 Å². The SMILES string of the molecule is Cc1cc(C(=O)COc2cccc(Cl)c2)c(C)s1. The highest BCUT2D eigenvalue weighted by Crippen LogP contribution is 2.22. The molecule has 0 fully saturated rings. The van der Waals surface area contributed by atoms with Crippen LogP contribution in [0.4, 0.5) is 0 Å². The quantitative estimate of drug-likeness (QED) is 0.782. The van der Waals surface area contributed by atoms with Crippen molar-refractivity contribution in [2.75, 3.05) is 6.61 Å². The van der Waals surface area contributed by atoms with Gasteiger partial charge >= 0.3 is 0 Å². The van der Waals surface area contributed by atoms with Crippen molar-refractivity contribution in [2.24, 2.45) is 0 Å². The van der Waals surface area contributed by atoms with Crippen LogP contribution >= 0.6 is 22.9 Å². The first-order valence-electron chi connectivity index (χ1n) is 5.55. The second-order valence-electron chi connectivity index (χ2n) is 4.00. The molecule has 0 aliphatic heterocycles. The Labute approximate surface area is 115 Å². The van der Waals surface area contributed by atoms with E-state index in [2.05, 4.69) is 0 Å². The minimum Gasteiger partial charge on any atom is -0.485 e. The summed E-state index contributed by atoms with van der Waals surface area (Å²) in [6.45, 7) is 3.98. The number of ether oxygens (including phenoxy) is 1. The molecule has 18 heavy (non-hydrogen) atoms. The van der Waals surface area contributed by atoms with Crippen LogP contribution in [0.25, 0.3) is 0 Å². The van der Waals surface area contributed by atoms with Crippen LogP contribution in [0, 0.1) is 13.8 Å². The molecule has 0 saturated heterocycles. The lowest BCUT2D eigenvalue weighted by molar-refractivity contribution is 0.0921. The van der Waals surface area contributed by atoms with Gasteiger partial charge in [-0.25, -0.2) is 0 Å². The Morgan fingerprint density at radius 3 is 2.72 bits per heavy atom. The van der Waals surface area contributed by atoms with Gasteiger partial charge in [0.05, 0.1) is 0 Å². The van der Waals surface area contributed by atoms with E-state index in [1.165, 1.54) is 0 Å². The molecule has 1 heterocycles. The Morgan fingerprint density at radius 2 is 2.11 bits per heavy atom. The largest absolute Gasteiger partial charge is 0.485 e. The van der Waals surface area contributed by atoms with Gasteiger partial charge in [0.25, 0.3) is 0 Å². The average Bonchev–Trinajstić information content (AvgIpc) is 2.66. The van der Waals surface area contributed by atoms with Gasteiger partial charge in [0.1, 0.15) is 5.75 Å². The van der Waals surface area contributed by atoms with E-state index in [4.69, 9.17) is 16.3 Å². The molecule has 0 saturated carbocycles. The number of ketones is 1. The topological polar surface area (TPSA) is 26.3 Å². The predicted molar refractivity (Wildman–Crippen MR) is 75.1 cm³/mol. The zero-order valence-corrected chi connectivity index (χ0v) is 11.8. The van der Waals surface area contributed by atoms with Gasteiger partial charge in [-0.1, -0.05) is 17.7 Å². The molecule has 0 N–H and O–H groups in total. The first kappa shape index (κ1) is 13.1. The number of halogens is 1. The molecule has 0 amide bonds. The van der Waals surface area contributed by atoms with Crippen LogP contribution in [0.3, 0.4) is 0 Å². The molecule has 0 atom stereocenters. The highest BCUT2D eigenvalue weighted by atomic mass is 35.5. The summed E-state index contributed by atoms with van der Waals surface area (Å²) in [7, 11) is 0. The molecule has 2 nitrogen and oxygen atoms in total. The summed E-state index contributed by atoms with van der Waals surface area (Å²) < 4.78 is 5.44. The minimum atomic E-state index is -0.00294. The van der Waals surface area contributed by atoms with Gasteiger partial charge in [-0.2, -0.15) is 0 Å². The molecule has 4 heteroatoms. The average molecular weight is 281 g/mol. The van der Waals surface area contributed by atoms with Crippen LogP contribution in [-0.2, 0) is 0 Å². The van der Waals surface area contributed by atoms with Crippen molar-refractivity contribution in [1.82, 2.24) is 0 Å². The molecule has 0 radical (unpaired) electrons. The van der Waals surface area contributed by atoms with E-state index in [1.54, 1.807) is 35.6 Å². The van der Waals surface area contributed by atoms with E-state index < -0.39 is 0 Å². The minimum absolute atomic E-state index is 0.00294. The van der Waals surface area contributed by atoms with E-state index in [0.29, 0.717) is 10.8 Å². The lowest BCUT2D eigenvalue weighted by atomic mass is 10.2. The van der Waals surface area contributed by atoms with Crippen LogP contribution < -0.4 is 4.74 Å². The third-order valence-corrected chi connectivity index (χ3v) is 3.71. The fourth-order valence-electron chi connectivity index (χ4n) is 1.69. The number of carbonyl (C=O) groups excluding carboxylic acids is 1. The Kier molecular flexibility index (Phi) is 4.04. The van der Waals surface area contributed by atoms with Crippen molar-refractivity contribution >= 4 is 28.7 Å². The summed E-state index contributed by atoms with van der Waals surface area (Å²) in [6, 6.07) is 8.94. The van der Waals surface area contributed by atoms with Crippen molar-refractivity contribution in [3.63, 3.8) is 0 Å². The molecule has 0 bridgehead atoms. The zero-order chi connectivity index (χ0) is 13.1. The van der Waals surface area contributed by atoms with Crippen molar-refractivity contribution < 1.29 is 9.53 Å². The summed E-state index contributed by atoms with van der Waals surface area (Å²) in [5.41, 5.74) is 0.750. The maximum Gasteiger partial charge on any atom is 0.201 e. The Hall–Kier alpha value is -1.32.